The summed E-state index contributed by atoms with van der Waals surface area (Å²) in [6.07, 6.45) is 4.57. The number of carboxylic acid groups (broad SMARTS) is 1. The molecule has 1 atom stereocenters. The predicted molar refractivity (Wildman–Crippen MR) is 66.9 cm³/mol. The summed E-state index contributed by atoms with van der Waals surface area (Å²) < 4.78 is 0. The lowest BCUT2D eigenvalue weighted by Gasteiger charge is -2.32. The zero-order chi connectivity index (χ0) is 12.3. The van der Waals surface area contributed by atoms with Crippen molar-refractivity contribution in [2.24, 2.45) is 0 Å². The Morgan fingerprint density at radius 2 is 2.06 bits per heavy atom. The molecule has 0 saturated carbocycles. The van der Waals surface area contributed by atoms with Gasteiger partial charge in [0, 0.05) is 6.04 Å². The number of piperidine rings is 1. The van der Waals surface area contributed by atoms with Crippen LogP contribution in [0.25, 0.3) is 0 Å². The second-order valence-corrected chi connectivity index (χ2v) is 4.51. The van der Waals surface area contributed by atoms with E-state index in [-0.39, 0.29) is 0 Å². The first kappa shape index (κ1) is 12.1. The van der Waals surface area contributed by atoms with Gasteiger partial charge in [-0.05, 0) is 57.0 Å². The van der Waals surface area contributed by atoms with E-state index < -0.39 is 5.97 Å². The van der Waals surface area contributed by atoms with E-state index in [0.717, 1.165) is 31.5 Å². The maximum absolute atomic E-state index is 10.9. The molecule has 1 aromatic rings. The molecule has 0 bridgehead atoms. The van der Waals surface area contributed by atoms with Crippen molar-refractivity contribution in [3.8, 4) is 0 Å². The highest BCUT2D eigenvalue weighted by molar-refractivity contribution is 5.87. The molecule has 1 aliphatic rings. The summed E-state index contributed by atoms with van der Waals surface area (Å²) in [6, 6.07) is 7.55. The van der Waals surface area contributed by atoms with Gasteiger partial charge in [-0.3, -0.25) is 4.90 Å². The van der Waals surface area contributed by atoms with Crippen LogP contribution in [-0.4, -0.2) is 29.1 Å². The summed E-state index contributed by atoms with van der Waals surface area (Å²) in [5.41, 5.74) is 1.46. The van der Waals surface area contributed by atoms with E-state index in [1.807, 2.05) is 12.1 Å². The Hall–Kier alpha value is -1.35. The Morgan fingerprint density at radius 3 is 2.71 bits per heavy atom. The van der Waals surface area contributed by atoms with E-state index in [9.17, 15) is 4.79 Å². The van der Waals surface area contributed by atoms with Crippen molar-refractivity contribution in [2.75, 3.05) is 13.1 Å². The van der Waals surface area contributed by atoms with Gasteiger partial charge >= 0.3 is 5.97 Å². The van der Waals surface area contributed by atoms with E-state index in [1.165, 1.54) is 0 Å². The van der Waals surface area contributed by atoms with Gasteiger partial charge in [-0.1, -0.05) is 12.1 Å². The molecular weight excluding hydrogens is 214 g/mol. The molecule has 1 N–H and O–H groups in total. The molecule has 0 aromatic heterocycles. The van der Waals surface area contributed by atoms with E-state index in [4.69, 9.17) is 5.11 Å². The summed E-state index contributed by atoms with van der Waals surface area (Å²) >= 11 is 0. The first-order valence-corrected chi connectivity index (χ1v) is 6.07. The van der Waals surface area contributed by atoms with Gasteiger partial charge in [0.2, 0.25) is 0 Å². The lowest BCUT2D eigenvalue weighted by atomic mass is 10.0. The largest absolute Gasteiger partial charge is 0.478 e. The lowest BCUT2D eigenvalue weighted by molar-refractivity contribution is 0.0696. The third kappa shape index (κ3) is 2.86. The van der Waals surface area contributed by atoms with Crippen molar-refractivity contribution in [2.45, 2.75) is 25.8 Å². The van der Waals surface area contributed by atoms with Crippen molar-refractivity contribution in [1.29, 1.82) is 0 Å². The van der Waals surface area contributed by atoms with Crippen LogP contribution in [0.5, 0.6) is 0 Å². The molecule has 1 radical (unpaired) electrons. The predicted octanol–water partition coefficient (Wildman–Crippen LogP) is 2.75. The third-order valence-corrected chi connectivity index (χ3v) is 3.40. The molecule has 3 heteroatoms. The van der Waals surface area contributed by atoms with Crippen molar-refractivity contribution >= 4 is 5.97 Å². The molecule has 0 spiro atoms. The van der Waals surface area contributed by atoms with Gasteiger partial charge in [-0.15, -0.1) is 0 Å². The lowest BCUT2D eigenvalue weighted by Crippen LogP contribution is -2.32. The highest BCUT2D eigenvalue weighted by Crippen LogP contribution is 2.24. The van der Waals surface area contributed by atoms with Gasteiger partial charge in [0.25, 0.3) is 0 Å². The molecule has 17 heavy (non-hydrogen) atoms. The Labute approximate surface area is 102 Å². The fourth-order valence-corrected chi connectivity index (χ4v) is 2.30. The molecule has 1 unspecified atom stereocenters. The molecule has 1 aliphatic heterocycles. The quantitative estimate of drug-likeness (QED) is 0.871. The van der Waals surface area contributed by atoms with Crippen LogP contribution in [0.1, 0.15) is 41.7 Å². The first-order chi connectivity index (χ1) is 8.18. The van der Waals surface area contributed by atoms with Crippen LogP contribution in [0.4, 0.5) is 0 Å². The van der Waals surface area contributed by atoms with Crippen LogP contribution in [0.3, 0.4) is 0 Å². The average Bonchev–Trinajstić information content (AvgIpc) is 2.39. The van der Waals surface area contributed by atoms with Crippen LogP contribution in [0.15, 0.2) is 24.3 Å². The van der Waals surface area contributed by atoms with Crippen LogP contribution in [0, 0.1) is 6.42 Å². The number of carboxylic acids is 1. The number of rotatable bonds is 3. The normalized spacial score (nSPS) is 18.9. The standard InChI is InChI=1S/C14H18NO2/c1-11(15-8-3-2-4-9-15)12-6-5-7-13(10-12)14(16)17/h2,5-7,10-11H,3-4,8-9H2,1H3,(H,16,17). The first-order valence-electron chi connectivity index (χ1n) is 6.07. The summed E-state index contributed by atoms with van der Waals surface area (Å²) in [4.78, 5) is 13.3. The van der Waals surface area contributed by atoms with E-state index in [2.05, 4.69) is 18.2 Å². The van der Waals surface area contributed by atoms with Crippen molar-refractivity contribution in [1.82, 2.24) is 4.90 Å². The molecule has 0 amide bonds. The summed E-state index contributed by atoms with van der Waals surface area (Å²) in [5, 5.41) is 8.98. The summed E-state index contributed by atoms with van der Waals surface area (Å²) in [6.45, 7) is 4.28. The van der Waals surface area contributed by atoms with Gasteiger partial charge < -0.3 is 5.11 Å². The van der Waals surface area contributed by atoms with Crippen molar-refractivity contribution in [3.05, 3.63) is 41.8 Å². The maximum Gasteiger partial charge on any atom is 0.335 e. The topological polar surface area (TPSA) is 40.5 Å². The average molecular weight is 232 g/mol. The number of likely N-dealkylation sites (tertiary alicyclic amines) is 1. The Balaban J connectivity index is 2.14. The minimum atomic E-state index is -0.856. The maximum atomic E-state index is 10.9. The van der Waals surface area contributed by atoms with Crippen molar-refractivity contribution in [3.63, 3.8) is 0 Å². The smallest absolute Gasteiger partial charge is 0.335 e. The molecule has 3 nitrogen and oxygen atoms in total. The highest BCUT2D eigenvalue weighted by Gasteiger charge is 2.18. The molecule has 0 aliphatic carbocycles. The second kappa shape index (κ2) is 5.32. The summed E-state index contributed by atoms with van der Waals surface area (Å²) in [7, 11) is 0. The number of hydrogen-bond donors (Lipinski definition) is 1. The Bertz CT molecular complexity index is 397. The fourth-order valence-electron chi connectivity index (χ4n) is 2.30. The van der Waals surface area contributed by atoms with Crippen LogP contribution in [-0.2, 0) is 0 Å². The molecule has 1 fully saturated rings. The monoisotopic (exact) mass is 232 g/mol. The molecule has 2 rings (SSSR count). The zero-order valence-corrected chi connectivity index (χ0v) is 10.1. The number of carbonyl (C=O) groups is 1. The van der Waals surface area contributed by atoms with Gasteiger partial charge in [0.1, 0.15) is 0 Å². The van der Waals surface area contributed by atoms with Crippen LogP contribution < -0.4 is 0 Å². The van der Waals surface area contributed by atoms with Gasteiger partial charge in [0.15, 0.2) is 0 Å². The molecule has 1 aromatic carbocycles. The summed E-state index contributed by atoms with van der Waals surface area (Å²) in [5.74, 6) is -0.856. The van der Waals surface area contributed by atoms with Crippen LogP contribution in [0.2, 0.25) is 0 Å². The van der Waals surface area contributed by atoms with Crippen LogP contribution >= 0.6 is 0 Å². The number of benzene rings is 1. The minimum Gasteiger partial charge on any atom is -0.478 e. The Kier molecular flexibility index (Phi) is 3.79. The third-order valence-electron chi connectivity index (χ3n) is 3.40. The van der Waals surface area contributed by atoms with Gasteiger partial charge in [-0.25, -0.2) is 4.79 Å². The molecular formula is C14H18NO2. The number of aromatic carboxylic acids is 1. The van der Waals surface area contributed by atoms with Gasteiger partial charge in [-0.2, -0.15) is 0 Å². The highest BCUT2D eigenvalue weighted by atomic mass is 16.4. The van der Waals surface area contributed by atoms with E-state index in [0.29, 0.717) is 11.6 Å². The number of nitrogens with zero attached hydrogens (tertiary/aromatic N) is 1. The van der Waals surface area contributed by atoms with Gasteiger partial charge in [0.05, 0.1) is 5.56 Å². The SMILES string of the molecule is CC(c1cccc(C(=O)O)c1)N1CC[CH]CC1. The van der Waals surface area contributed by atoms with Crippen molar-refractivity contribution < 1.29 is 9.90 Å². The molecule has 91 valence electrons. The van der Waals surface area contributed by atoms with E-state index in [1.54, 1.807) is 12.1 Å². The Morgan fingerprint density at radius 1 is 1.35 bits per heavy atom. The zero-order valence-electron chi connectivity index (χ0n) is 10.1. The second-order valence-electron chi connectivity index (χ2n) is 4.51. The minimum absolute atomic E-state index is 0.294. The molecule has 1 saturated heterocycles. The number of hydrogen-bond acceptors (Lipinski definition) is 2. The van der Waals surface area contributed by atoms with E-state index >= 15 is 0 Å². The molecule has 1 heterocycles. The fraction of sp³-hybridized carbons (Fsp3) is 0.429.